The van der Waals surface area contributed by atoms with Crippen LogP contribution in [0.2, 0.25) is 0 Å². The molecule has 0 radical (unpaired) electrons. The molecule has 1 aromatic heterocycles. The first-order chi connectivity index (χ1) is 12.2. The van der Waals surface area contributed by atoms with Gasteiger partial charge in [0, 0.05) is 23.0 Å². The largest absolute Gasteiger partial charge is 0.493 e. The van der Waals surface area contributed by atoms with Crippen LogP contribution in [0.1, 0.15) is 12.5 Å². The zero-order valence-corrected chi connectivity index (χ0v) is 14.8. The van der Waals surface area contributed by atoms with Crippen molar-refractivity contribution >= 4 is 10.9 Å². The van der Waals surface area contributed by atoms with Gasteiger partial charge in [-0.1, -0.05) is 18.2 Å². The van der Waals surface area contributed by atoms with E-state index in [2.05, 4.69) is 17.6 Å². The number of benzene rings is 2. The van der Waals surface area contributed by atoms with Crippen LogP contribution in [0.4, 0.5) is 0 Å². The average Bonchev–Trinajstić information content (AvgIpc) is 3.00. The average molecular weight is 336 g/mol. The summed E-state index contributed by atoms with van der Waals surface area (Å²) in [5.74, 6) is 1.66. The van der Waals surface area contributed by atoms with Gasteiger partial charge in [-0.05, 0) is 25.1 Å². The molecule has 0 spiro atoms. The van der Waals surface area contributed by atoms with Gasteiger partial charge in [0.05, 0.1) is 32.6 Å². The molecule has 0 aliphatic carbocycles. The summed E-state index contributed by atoms with van der Waals surface area (Å²) in [6.07, 6.45) is 0. The summed E-state index contributed by atoms with van der Waals surface area (Å²) in [7, 11) is 4.74. The highest BCUT2D eigenvalue weighted by atomic mass is 16.5. The molecule has 0 bridgehead atoms. The predicted molar refractivity (Wildman–Crippen MR) is 97.4 cm³/mol. The third-order valence-corrected chi connectivity index (χ3v) is 4.34. The monoisotopic (exact) mass is 336 g/mol. The molecule has 128 valence electrons. The van der Waals surface area contributed by atoms with Crippen LogP contribution in [0.25, 0.3) is 22.2 Å². The van der Waals surface area contributed by atoms with Gasteiger partial charge in [-0.15, -0.1) is 0 Å². The topological polar surface area (TPSA) is 56.4 Å². The summed E-state index contributed by atoms with van der Waals surface area (Å²) in [4.78, 5) is 0. The number of hydrogen-bond donors (Lipinski definition) is 0. The van der Waals surface area contributed by atoms with Gasteiger partial charge in [-0.3, -0.25) is 0 Å². The second-order valence-corrected chi connectivity index (χ2v) is 5.51. The molecule has 0 N–H and O–H groups in total. The minimum absolute atomic E-state index is 0.534. The van der Waals surface area contributed by atoms with E-state index >= 15 is 0 Å². The Hall–Kier alpha value is -3.13. The molecule has 5 nitrogen and oxygen atoms in total. The molecule has 0 aliphatic heterocycles. The van der Waals surface area contributed by atoms with Crippen LogP contribution in [-0.4, -0.2) is 25.9 Å². The number of ether oxygens (including phenoxy) is 3. The number of nitrogens with zero attached hydrogens (tertiary/aromatic N) is 2. The van der Waals surface area contributed by atoms with E-state index in [4.69, 9.17) is 14.2 Å². The SMILES string of the molecule is CCn1c(-c2cc(OC)c(OC)c(OC)c2)c(C#N)c2ccccc21. The maximum absolute atomic E-state index is 9.79. The summed E-state index contributed by atoms with van der Waals surface area (Å²) < 4.78 is 18.5. The zero-order chi connectivity index (χ0) is 18.0. The van der Waals surface area contributed by atoms with Gasteiger partial charge < -0.3 is 18.8 Å². The second-order valence-electron chi connectivity index (χ2n) is 5.51. The van der Waals surface area contributed by atoms with E-state index in [1.807, 2.05) is 36.4 Å². The molecule has 2 aromatic carbocycles. The van der Waals surface area contributed by atoms with Crippen molar-refractivity contribution in [2.24, 2.45) is 0 Å². The van der Waals surface area contributed by atoms with Crippen LogP contribution in [0.5, 0.6) is 17.2 Å². The summed E-state index contributed by atoms with van der Waals surface area (Å²) in [6.45, 7) is 2.81. The molecule has 0 aliphatic rings. The van der Waals surface area contributed by atoms with E-state index in [0.717, 1.165) is 28.7 Å². The van der Waals surface area contributed by atoms with Crippen molar-refractivity contribution in [3.8, 4) is 34.6 Å². The summed E-state index contributed by atoms with van der Waals surface area (Å²) in [5, 5.41) is 10.7. The molecule has 0 atom stereocenters. The van der Waals surface area contributed by atoms with Gasteiger partial charge in [0.1, 0.15) is 6.07 Å². The Bertz CT molecular complexity index is 942. The summed E-state index contributed by atoms with van der Waals surface area (Å²) in [6, 6.07) is 14.0. The molecule has 0 amide bonds. The Morgan fingerprint density at radius 3 is 2.16 bits per heavy atom. The number of hydrogen-bond acceptors (Lipinski definition) is 4. The van der Waals surface area contributed by atoms with E-state index < -0.39 is 0 Å². The molecule has 0 fully saturated rings. The Balaban J connectivity index is 2.39. The van der Waals surface area contributed by atoms with Crippen molar-refractivity contribution < 1.29 is 14.2 Å². The van der Waals surface area contributed by atoms with E-state index in [1.165, 1.54) is 0 Å². The molecule has 0 unspecified atom stereocenters. The lowest BCUT2D eigenvalue weighted by molar-refractivity contribution is 0.324. The summed E-state index contributed by atoms with van der Waals surface area (Å²) >= 11 is 0. The molecule has 3 aromatic rings. The van der Waals surface area contributed by atoms with E-state index in [1.54, 1.807) is 21.3 Å². The molecule has 5 heteroatoms. The number of nitriles is 1. The van der Waals surface area contributed by atoms with Crippen LogP contribution in [0, 0.1) is 11.3 Å². The molecular formula is C20H20N2O3. The van der Waals surface area contributed by atoms with E-state index in [0.29, 0.717) is 22.8 Å². The van der Waals surface area contributed by atoms with Crippen molar-refractivity contribution in [2.75, 3.05) is 21.3 Å². The number of aryl methyl sites for hydroxylation is 1. The van der Waals surface area contributed by atoms with E-state index in [9.17, 15) is 5.26 Å². The first kappa shape index (κ1) is 16.7. The van der Waals surface area contributed by atoms with Crippen LogP contribution < -0.4 is 14.2 Å². The fraction of sp³-hybridized carbons (Fsp3) is 0.250. The third-order valence-electron chi connectivity index (χ3n) is 4.34. The maximum atomic E-state index is 9.79. The van der Waals surface area contributed by atoms with E-state index in [-0.39, 0.29) is 0 Å². The van der Waals surface area contributed by atoms with Gasteiger partial charge >= 0.3 is 0 Å². The molecular weight excluding hydrogens is 316 g/mol. The third kappa shape index (κ3) is 2.56. The minimum atomic E-state index is 0.534. The van der Waals surface area contributed by atoms with Gasteiger partial charge in [-0.25, -0.2) is 0 Å². The van der Waals surface area contributed by atoms with Crippen molar-refractivity contribution in [1.82, 2.24) is 4.57 Å². The Morgan fingerprint density at radius 1 is 1.00 bits per heavy atom. The smallest absolute Gasteiger partial charge is 0.203 e. The van der Waals surface area contributed by atoms with Gasteiger partial charge in [-0.2, -0.15) is 5.26 Å². The Labute approximate surface area is 147 Å². The van der Waals surface area contributed by atoms with Crippen LogP contribution in [0.3, 0.4) is 0 Å². The van der Waals surface area contributed by atoms with Crippen molar-refractivity contribution in [2.45, 2.75) is 13.5 Å². The van der Waals surface area contributed by atoms with Crippen LogP contribution in [-0.2, 0) is 6.54 Å². The van der Waals surface area contributed by atoms with Crippen LogP contribution >= 0.6 is 0 Å². The highest BCUT2D eigenvalue weighted by molar-refractivity contribution is 5.95. The van der Waals surface area contributed by atoms with Gasteiger partial charge in [0.15, 0.2) is 11.5 Å². The van der Waals surface area contributed by atoms with Gasteiger partial charge in [0.2, 0.25) is 5.75 Å². The first-order valence-corrected chi connectivity index (χ1v) is 8.01. The number of aromatic nitrogens is 1. The first-order valence-electron chi connectivity index (χ1n) is 8.01. The fourth-order valence-corrected chi connectivity index (χ4v) is 3.26. The lowest BCUT2D eigenvalue weighted by atomic mass is 10.0. The predicted octanol–water partition coefficient (Wildman–Crippen LogP) is 4.23. The lowest BCUT2D eigenvalue weighted by Crippen LogP contribution is -2.00. The minimum Gasteiger partial charge on any atom is -0.493 e. The van der Waals surface area contributed by atoms with Crippen molar-refractivity contribution in [1.29, 1.82) is 5.26 Å². The number of para-hydroxylation sites is 1. The molecule has 25 heavy (non-hydrogen) atoms. The zero-order valence-electron chi connectivity index (χ0n) is 14.8. The number of methoxy groups -OCH3 is 3. The lowest BCUT2D eigenvalue weighted by Gasteiger charge is -2.15. The maximum Gasteiger partial charge on any atom is 0.203 e. The Kier molecular flexibility index (Phi) is 4.53. The van der Waals surface area contributed by atoms with Crippen molar-refractivity contribution in [3.63, 3.8) is 0 Å². The van der Waals surface area contributed by atoms with Gasteiger partial charge in [0.25, 0.3) is 0 Å². The quantitative estimate of drug-likeness (QED) is 0.700. The normalized spacial score (nSPS) is 10.5. The standard InChI is InChI=1S/C20H20N2O3/c1-5-22-16-9-7-6-8-14(16)15(12-21)19(22)13-10-17(23-2)20(25-4)18(11-13)24-3/h6-11H,5H2,1-4H3. The number of fused-ring (bicyclic) bond motifs is 1. The van der Waals surface area contributed by atoms with Crippen LogP contribution in [0.15, 0.2) is 36.4 Å². The molecule has 0 saturated heterocycles. The summed E-state index contributed by atoms with van der Waals surface area (Å²) in [5.41, 5.74) is 3.38. The molecule has 1 heterocycles. The molecule has 3 rings (SSSR count). The van der Waals surface area contributed by atoms with Crippen molar-refractivity contribution in [3.05, 3.63) is 42.0 Å². The Morgan fingerprint density at radius 2 is 1.64 bits per heavy atom. The molecule has 0 saturated carbocycles. The fourth-order valence-electron chi connectivity index (χ4n) is 3.26. The highest BCUT2D eigenvalue weighted by Gasteiger charge is 2.21. The highest BCUT2D eigenvalue weighted by Crippen LogP contribution is 2.43. The second kappa shape index (κ2) is 6.78. The number of rotatable bonds is 5.